The van der Waals surface area contributed by atoms with Gasteiger partial charge in [-0.15, -0.1) is 0 Å². The Balaban J connectivity index is 1.05. The van der Waals surface area contributed by atoms with Gasteiger partial charge in [-0.05, 0) is 101 Å². The van der Waals surface area contributed by atoms with Gasteiger partial charge in [0.05, 0.1) is 22.1 Å². The number of benzene rings is 7. The number of allylic oxidation sites excluding steroid dienone is 4. The summed E-state index contributed by atoms with van der Waals surface area (Å²) in [5, 5.41) is 4.83. The molecule has 11 rings (SSSR count). The minimum atomic E-state index is 0.293. The third kappa shape index (κ3) is 4.25. The van der Waals surface area contributed by atoms with Gasteiger partial charge in [-0.25, -0.2) is 0 Å². The first-order chi connectivity index (χ1) is 25.3. The van der Waals surface area contributed by atoms with Crippen molar-refractivity contribution in [1.82, 2.24) is 4.57 Å². The minimum absolute atomic E-state index is 0.293. The van der Waals surface area contributed by atoms with Crippen LogP contribution in [0.5, 0.6) is 0 Å². The lowest BCUT2D eigenvalue weighted by atomic mass is 9.90. The van der Waals surface area contributed by atoms with Crippen LogP contribution in [0.15, 0.2) is 186 Å². The Labute approximate surface area is 295 Å². The number of aromatic nitrogens is 1. The molecule has 9 aromatic rings. The molecule has 0 saturated heterocycles. The first-order valence-corrected chi connectivity index (χ1v) is 17.7. The lowest BCUT2D eigenvalue weighted by molar-refractivity contribution is 0.669. The molecule has 3 nitrogen and oxygen atoms in total. The van der Waals surface area contributed by atoms with Gasteiger partial charge in [-0.2, -0.15) is 0 Å². The Morgan fingerprint density at radius 1 is 0.510 bits per heavy atom. The average Bonchev–Trinajstić information content (AvgIpc) is 3.85. The van der Waals surface area contributed by atoms with E-state index in [1.807, 2.05) is 6.07 Å². The molecule has 0 spiro atoms. The Bertz CT molecular complexity index is 2900. The summed E-state index contributed by atoms with van der Waals surface area (Å²) in [4.78, 5) is 2.47. The van der Waals surface area contributed by atoms with E-state index in [0.29, 0.717) is 5.92 Å². The molecule has 240 valence electrons. The molecule has 0 saturated carbocycles. The fourth-order valence-corrected chi connectivity index (χ4v) is 8.59. The second kappa shape index (κ2) is 11.0. The molecule has 1 aliphatic heterocycles. The van der Waals surface area contributed by atoms with Crippen molar-refractivity contribution in [2.75, 3.05) is 4.90 Å². The molecule has 7 aromatic carbocycles. The normalized spacial score (nSPS) is 15.2. The van der Waals surface area contributed by atoms with Gasteiger partial charge in [0.2, 0.25) is 0 Å². The average molecular weight is 653 g/mol. The van der Waals surface area contributed by atoms with E-state index in [9.17, 15) is 0 Å². The van der Waals surface area contributed by atoms with Crippen molar-refractivity contribution in [3.05, 3.63) is 187 Å². The molecule has 3 heteroatoms. The van der Waals surface area contributed by atoms with Gasteiger partial charge in [0.1, 0.15) is 11.2 Å². The summed E-state index contributed by atoms with van der Waals surface area (Å²) in [7, 11) is 0. The van der Waals surface area contributed by atoms with Crippen LogP contribution in [0.3, 0.4) is 0 Å². The van der Waals surface area contributed by atoms with E-state index < -0.39 is 0 Å². The number of anilines is 2. The van der Waals surface area contributed by atoms with Crippen LogP contribution in [-0.4, -0.2) is 4.57 Å². The summed E-state index contributed by atoms with van der Waals surface area (Å²) >= 11 is 0. The van der Waals surface area contributed by atoms with Gasteiger partial charge >= 0.3 is 0 Å². The van der Waals surface area contributed by atoms with Crippen molar-refractivity contribution in [1.29, 1.82) is 0 Å². The molecule has 0 bridgehead atoms. The molecule has 3 heterocycles. The monoisotopic (exact) mass is 652 g/mol. The molecule has 1 aliphatic carbocycles. The first-order valence-electron chi connectivity index (χ1n) is 17.7. The molecule has 51 heavy (non-hydrogen) atoms. The second-order valence-corrected chi connectivity index (χ2v) is 13.7. The smallest absolute Gasteiger partial charge is 0.137 e. The Kier molecular flexibility index (Phi) is 6.08. The number of para-hydroxylation sites is 2. The first kappa shape index (κ1) is 28.3. The number of hydrogen-bond acceptors (Lipinski definition) is 2. The zero-order chi connectivity index (χ0) is 33.5. The second-order valence-electron chi connectivity index (χ2n) is 13.7. The third-order valence-electron chi connectivity index (χ3n) is 10.9. The van der Waals surface area contributed by atoms with Crippen molar-refractivity contribution in [3.8, 4) is 27.9 Å². The summed E-state index contributed by atoms with van der Waals surface area (Å²) in [6.45, 7) is 0. The van der Waals surface area contributed by atoms with Gasteiger partial charge in [0, 0.05) is 39.1 Å². The molecule has 0 fully saturated rings. The summed E-state index contributed by atoms with van der Waals surface area (Å²) in [5.41, 5.74) is 15.4. The predicted molar refractivity (Wildman–Crippen MR) is 212 cm³/mol. The highest BCUT2D eigenvalue weighted by Crippen LogP contribution is 2.53. The van der Waals surface area contributed by atoms with Gasteiger partial charge in [-0.1, -0.05) is 109 Å². The minimum Gasteiger partial charge on any atom is -0.456 e. The highest BCUT2D eigenvalue weighted by molar-refractivity contribution is 6.13. The van der Waals surface area contributed by atoms with Crippen molar-refractivity contribution >= 4 is 55.1 Å². The van der Waals surface area contributed by atoms with Crippen LogP contribution >= 0.6 is 0 Å². The lowest BCUT2D eigenvalue weighted by Crippen LogP contribution is -2.14. The topological polar surface area (TPSA) is 21.3 Å². The quantitative estimate of drug-likeness (QED) is 0.189. The maximum absolute atomic E-state index is 6.31. The number of nitrogens with zero attached hydrogens (tertiary/aromatic N) is 2. The molecule has 0 N–H and O–H groups in total. The van der Waals surface area contributed by atoms with E-state index in [1.165, 1.54) is 66.7 Å². The SMILES string of the molecule is C1=CCC2C(=C1)N(c1cccc3oc4ccccc4c13)c1ccc(-c3ccc4c(c3)c3ccccc3n4-c3cccc(-c4ccccc4)c3)cc12. The molecule has 0 radical (unpaired) electrons. The van der Waals surface area contributed by atoms with E-state index >= 15 is 0 Å². The molecule has 2 aromatic heterocycles. The highest BCUT2D eigenvalue weighted by Gasteiger charge is 2.36. The molecule has 2 aliphatic rings. The largest absolute Gasteiger partial charge is 0.456 e. The fourth-order valence-electron chi connectivity index (χ4n) is 8.59. The zero-order valence-electron chi connectivity index (χ0n) is 27.8. The Hall–Kier alpha value is -6.58. The number of rotatable bonds is 4. The molecule has 0 amide bonds. The Morgan fingerprint density at radius 2 is 1.24 bits per heavy atom. The fraction of sp³-hybridized carbons (Fsp3) is 0.0417. The molecular formula is C48H32N2O. The number of hydrogen-bond donors (Lipinski definition) is 0. The van der Waals surface area contributed by atoms with E-state index in [0.717, 1.165) is 34.0 Å². The van der Waals surface area contributed by atoms with E-state index in [4.69, 9.17) is 4.42 Å². The van der Waals surface area contributed by atoms with E-state index in [1.54, 1.807) is 0 Å². The maximum atomic E-state index is 6.31. The van der Waals surface area contributed by atoms with Crippen LogP contribution in [-0.2, 0) is 0 Å². The maximum Gasteiger partial charge on any atom is 0.137 e. The van der Waals surface area contributed by atoms with Crippen LogP contribution in [0.1, 0.15) is 17.9 Å². The number of fused-ring (bicyclic) bond motifs is 9. The summed E-state index contributed by atoms with van der Waals surface area (Å²) in [6.07, 6.45) is 7.78. The Morgan fingerprint density at radius 3 is 2.18 bits per heavy atom. The standard InChI is InChI=1S/C48H32N2O/c1-2-12-31(13-3-1)32-14-10-15-35(28-32)49-41-19-7-4-16-36(41)39-29-33(24-26-43(39)49)34-25-27-44-40(30-34)37-17-5-8-20-42(37)50(44)45-21-11-23-47-48(45)38-18-6-9-22-46(38)51-47/h1-16,18-30,37H,17H2. The highest BCUT2D eigenvalue weighted by atomic mass is 16.3. The summed E-state index contributed by atoms with van der Waals surface area (Å²) in [5.74, 6) is 0.293. The lowest BCUT2D eigenvalue weighted by Gasteiger charge is -2.25. The van der Waals surface area contributed by atoms with Crippen LogP contribution in [0, 0.1) is 0 Å². The predicted octanol–water partition coefficient (Wildman–Crippen LogP) is 13.1. The van der Waals surface area contributed by atoms with Crippen molar-refractivity contribution < 1.29 is 4.42 Å². The van der Waals surface area contributed by atoms with Crippen molar-refractivity contribution in [2.45, 2.75) is 12.3 Å². The van der Waals surface area contributed by atoms with Crippen LogP contribution in [0.25, 0.3) is 71.7 Å². The third-order valence-corrected chi connectivity index (χ3v) is 10.9. The summed E-state index contributed by atoms with van der Waals surface area (Å²) in [6, 6.07) is 57.1. The number of furan rings is 1. The van der Waals surface area contributed by atoms with Crippen molar-refractivity contribution in [3.63, 3.8) is 0 Å². The van der Waals surface area contributed by atoms with Gasteiger partial charge in [0.15, 0.2) is 0 Å². The van der Waals surface area contributed by atoms with E-state index in [2.05, 4.69) is 179 Å². The van der Waals surface area contributed by atoms with Crippen molar-refractivity contribution in [2.24, 2.45) is 0 Å². The molecule has 1 atom stereocenters. The molecule has 1 unspecified atom stereocenters. The van der Waals surface area contributed by atoms with Crippen LogP contribution in [0.2, 0.25) is 0 Å². The van der Waals surface area contributed by atoms with Crippen LogP contribution in [0.4, 0.5) is 11.4 Å². The van der Waals surface area contributed by atoms with E-state index in [-0.39, 0.29) is 0 Å². The zero-order valence-corrected chi connectivity index (χ0v) is 27.8. The molecular weight excluding hydrogens is 621 g/mol. The van der Waals surface area contributed by atoms with Gasteiger partial charge in [0.25, 0.3) is 0 Å². The summed E-state index contributed by atoms with van der Waals surface area (Å²) < 4.78 is 8.72. The van der Waals surface area contributed by atoms with Gasteiger partial charge < -0.3 is 13.9 Å². The van der Waals surface area contributed by atoms with Gasteiger partial charge in [-0.3, -0.25) is 0 Å². The van der Waals surface area contributed by atoms with Crippen LogP contribution < -0.4 is 4.90 Å².